The molecule has 90 valence electrons. The van der Waals surface area contributed by atoms with Crippen molar-refractivity contribution in [3.63, 3.8) is 0 Å². The predicted octanol–water partition coefficient (Wildman–Crippen LogP) is 2.60. The molecule has 3 nitrogen and oxygen atoms in total. The van der Waals surface area contributed by atoms with E-state index in [4.69, 9.17) is 0 Å². The molecule has 0 aliphatic rings. The second-order valence-corrected chi connectivity index (χ2v) is 3.92. The van der Waals surface area contributed by atoms with Crippen molar-refractivity contribution in [2.24, 2.45) is 0 Å². The molecular weight excluding hydrogens is 224 g/mol. The Labute approximate surface area is 101 Å². The Kier molecular flexibility index (Phi) is 10.1. The van der Waals surface area contributed by atoms with Crippen LogP contribution in [0.1, 0.15) is 6.92 Å². The molecule has 0 aliphatic heterocycles. The SMILES string of the molecule is COC(C)OC.O=CCSc1ccccc1. The van der Waals surface area contributed by atoms with Crippen molar-refractivity contribution >= 4 is 18.0 Å². The molecule has 0 fully saturated rings. The van der Waals surface area contributed by atoms with Crippen LogP contribution < -0.4 is 0 Å². The molecule has 0 aromatic heterocycles. The van der Waals surface area contributed by atoms with Gasteiger partial charge >= 0.3 is 0 Å². The first-order valence-corrected chi connectivity index (χ1v) is 5.90. The van der Waals surface area contributed by atoms with Crippen LogP contribution in [0.15, 0.2) is 35.2 Å². The Morgan fingerprint density at radius 2 is 1.81 bits per heavy atom. The van der Waals surface area contributed by atoms with Gasteiger partial charge in [0.1, 0.15) is 6.29 Å². The van der Waals surface area contributed by atoms with E-state index in [1.165, 1.54) is 0 Å². The number of hydrogen-bond donors (Lipinski definition) is 0. The molecule has 0 atom stereocenters. The number of thioether (sulfide) groups is 1. The van der Waals surface area contributed by atoms with E-state index in [0.29, 0.717) is 5.75 Å². The maximum absolute atomic E-state index is 9.96. The lowest BCUT2D eigenvalue weighted by Crippen LogP contribution is -2.05. The molecule has 0 amide bonds. The maximum Gasteiger partial charge on any atom is 0.154 e. The van der Waals surface area contributed by atoms with Crippen LogP contribution in [0.5, 0.6) is 0 Å². The van der Waals surface area contributed by atoms with Crippen molar-refractivity contribution in [3.8, 4) is 0 Å². The molecule has 4 heteroatoms. The van der Waals surface area contributed by atoms with Gasteiger partial charge in [0.2, 0.25) is 0 Å². The number of rotatable bonds is 5. The fourth-order valence-electron chi connectivity index (χ4n) is 0.743. The molecule has 0 heterocycles. The number of benzene rings is 1. The second kappa shape index (κ2) is 10.7. The van der Waals surface area contributed by atoms with Gasteiger partial charge in [0.15, 0.2) is 6.29 Å². The third-order valence-corrected chi connectivity index (χ3v) is 2.63. The van der Waals surface area contributed by atoms with Crippen molar-refractivity contribution in [2.75, 3.05) is 20.0 Å². The summed E-state index contributed by atoms with van der Waals surface area (Å²) >= 11 is 1.55. The first-order chi connectivity index (χ1) is 7.74. The molecule has 1 aromatic carbocycles. The van der Waals surface area contributed by atoms with Gasteiger partial charge in [0, 0.05) is 19.1 Å². The summed E-state index contributed by atoms with van der Waals surface area (Å²) in [5.41, 5.74) is 0. The number of ether oxygens (including phenoxy) is 2. The standard InChI is InChI=1S/C8H8OS.C4H10O2/c9-6-7-10-8-4-2-1-3-5-8;1-4(5-2)6-3/h1-6H,7H2;4H,1-3H3. The summed E-state index contributed by atoms with van der Waals surface area (Å²) in [6.45, 7) is 1.83. The van der Waals surface area contributed by atoms with Crippen LogP contribution in [0.25, 0.3) is 0 Å². The number of methoxy groups -OCH3 is 2. The molecule has 0 bridgehead atoms. The minimum atomic E-state index is -0.0648. The van der Waals surface area contributed by atoms with Crippen LogP contribution in [-0.2, 0) is 14.3 Å². The van der Waals surface area contributed by atoms with Gasteiger partial charge in [-0.05, 0) is 19.1 Å². The second-order valence-electron chi connectivity index (χ2n) is 2.83. The molecule has 0 N–H and O–H groups in total. The van der Waals surface area contributed by atoms with Gasteiger partial charge in [0.25, 0.3) is 0 Å². The summed E-state index contributed by atoms with van der Waals surface area (Å²) in [5.74, 6) is 0.546. The molecular formula is C12H18O3S. The maximum atomic E-state index is 9.96. The first-order valence-electron chi connectivity index (χ1n) is 4.91. The number of hydrogen-bond acceptors (Lipinski definition) is 4. The largest absolute Gasteiger partial charge is 0.356 e. The Hall–Kier alpha value is -0.840. The van der Waals surface area contributed by atoms with E-state index in [2.05, 4.69) is 9.47 Å². The van der Waals surface area contributed by atoms with Gasteiger partial charge < -0.3 is 14.3 Å². The Balaban J connectivity index is 0.000000325. The summed E-state index contributed by atoms with van der Waals surface area (Å²) in [6, 6.07) is 9.88. The molecule has 1 rings (SSSR count). The van der Waals surface area contributed by atoms with Crippen LogP contribution in [-0.4, -0.2) is 32.5 Å². The smallest absolute Gasteiger partial charge is 0.154 e. The van der Waals surface area contributed by atoms with E-state index < -0.39 is 0 Å². The van der Waals surface area contributed by atoms with Crippen molar-refractivity contribution in [1.82, 2.24) is 0 Å². The molecule has 0 unspecified atom stereocenters. The quantitative estimate of drug-likeness (QED) is 0.452. The summed E-state index contributed by atoms with van der Waals surface area (Å²) in [5, 5.41) is 0. The number of carbonyl (C=O) groups is 1. The highest BCUT2D eigenvalue weighted by molar-refractivity contribution is 7.99. The zero-order valence-electron chi connectivity index (χ0n) is 9.88. The fourth-order valence-corrected chi connectivity index (χ4v) is 1.35. The molecule has 0 spiro atoms. The predicted molar refractivity (Wildman–Crippen MR) is 66.7 cm³/mol. The zero-order chi connectivity index (χ0) is 12.2. The summed E-state index contributed by atoms with van der Waals surface area (Å²) in [6.07, 6.45) is 0.850. The number of carbonyl (C=O) groups excluding carboxylic acids is 1. The van der Waals surface area contributed by atoms with Crippen molar-refractivity contribution < 1.29 is 14.3 Å². The van der Waals surface area contributed by atoms with Crippen LogP contribution in [0.3, 0.4) is 0 Å². The molecule has 16 heavy (non-hydrogen) atoms. The van der Waals surface area contributed by atoms with E-state index >= 15 is 0 Å². The normalized spacial score (nSPS) is 9.50. The fraction of sp³-hybridized carbons (Fsp3) is 0.417. The van der Waals surface area contributed by atoms with Gasteiger partial charge in [-0.3, -0.25) is 0 Å². The minimum Gasteiger partial charge on any atom is -0.356 e. The van der Waals surface area contributed by atoms with Gasteiger partial charge in [0.05, 0.1) is 5.75 Å². The van der Waals surface area contributed by atoms with E-state index in [9.17, 15) is 4.79 Å². The molecule has 0 saturated carbocycles. The van der Waals surface area contributed by atoms with E-state index in [1.54, 1.807) is 26.0 Å². The third kappa shape index (κ3) is 8.47. The summed E-state index contributed by atoms with van der Waals surface area (Å²) in [7, 11) is 3.21. The van der Waals surface area contributed by atoms with E-state index in [1.807, 2.05) is 37.3 Å². The van der Waals surface area contributed by atoms with Gasteiger partial charge in [-0.25, -0.2) is 0 Å². The monoisotopic (exact) mass is 242 g/mol. The highest BCUT2D eigenvalue weighted by atomic mass is 32.2. The Morgan fingerprint density at radius 3 is 2.19 bits per heavy atom. The lowest BCUT2D eigenvalue weighted by atomic mass is 10.4. The Morgan fingerprint density at radius 1 is 1.25 bits per heavy atom. The molecule has 0 saturated heterocycles. The van der Waals surface area contributed by atoms with Crippen molar-refractivity contribution in [1.29, 1.82) is 0 Å². The highest BCUT2D eigenvalue weighted by Crippen LogP contribution is 2.14. The zero-order valence-corrected chi connectivity index (χ0v) is 10.7. The highest BCUT2D eigenvalue weighted by Gasteiger charge is 1.88. The summed E-state index contributed by atoms with van der Waals surface area (Å²) < 4.78 is 9.35. The third-order valence-electron chi connectivity index (χ3n) is 1.73. The van der Waals surface area contributed by atoms with Gasteiger partial charge in [-0.1, -0.05) is 18.2 Å². The molecule has 0 radical (unpaired) electrons. The first kappa shape index (κ1) is 15.2. The van der Waals surface area contributed by atoms with Gasteiger partial charge in [-0.2, -0.15) is 0 Å². The van der Waals surface area contributed by atoms with Crippen LogP contribution in [0.4, 0.5) is 0 Å². The van der Waals surface area contributed by atoms with E-state index in [-0.39, 0.29) is 6.29 Å². The van der Waals surface area contributed by atoms with Crippen LogP contribution >= 0.6 is 11.8 Å². The average Bonchev–Trinajstić information content (AvgIpc) is 2.37. The van der Waals surface area contributed by atoms with Gasteiger partial charge in [-0.15, -0.1) is 11.8 Å². The Bertz CT molecular complexity index is 260. The minimum absolute atomic E-state index is 0.0648. The van der Waals surface area contributed by atoms with Crippen molar-refractivity contribution in [3.05, 3.63) is 30.3 Å². The van der Waals surface area contributed by atoms with Crippen LogP contribution in [0.2, 0.25) is 0 Å². The van der Waals surface area contributed by atoms with Crippen LogP contribution in [0, 0.1) is 0 Å². The topological polar surface area (TPSA) is 35.5 Å². The van der Waals surface area contributed by atoms with Crippen molar-refractivity contribution in [2.45, 2.75) is 18.1 Å². The number of aldehydes is 1. The lowest BCUT2D eigenvalue weighted by Gasteiger charge is -2.03. The summed E-state index contributed by atoms with van der Waals surface area (Å²) in [4.78, 5) is 11.1. The van der Waals surface area contributed by atoms with E-state index in [0.717, 1.165) is 11.2 Å². The molecule has 1 aromatic rings. The average molecular weight is 242 g/mol. The molecule has 0 aliphatic carbocycles. The lowest BCUT2D eigenvalue weighted by molar-refractivity contribution is -0.105.